The fourth-order valence-electron chi connectivity index (χ4n) is 3.70. The molecule has 0 saturated heterocycles. The normalized spacial score (nSPS) is 11.6. The van der Waals surface area contributed by atoms with E-state index in [1.54, 1.807) is 28.8 Å². The number of likely N-dealkylation sites (N-methyl/N-ethyl adjacent to an activating group) is 1. The zero-order chi connectivity index (χ0) is 24.2. The molecule has 0 bridgehead atoms. The molecule has 34 heavy (non-hydrogen) atoms. The van der Waals surface area contributed by atoms with Crippen molar-refractivity contribution in [1.82, 2.24) is 10.2 Å². The first kappa shape index (κ1) is 25.5. The second kappa shape index (κ2) is 13.6. The van der Waals surface area contributed by atoms with Crippen LogP contribution in [0.15, 0.2) is 84.9 Å². The maximum absolute atomic E-state index is 13.5. The summed E-state index contributed by atoms with van der Waals surface area (Å²) in [7, 11) is 0. The van der Waals surface area contributed by atoms with Crippen molar-refractivity contribution in [3.63, 3.8) is 0 Å². The van der Waals surface area contributed by atoms with Crippen molar-refractivity contribution in [2.75, 3.05) is 12.3 Å². The van der Waals surface area contributed by atoms with E-state index < -0.39 is 6.04 Å². The van der Waals surface area contributed by atoms with Crippen molar-refractivity contribution in [2.45, 2.75) is 38.1 Å². The maximum atomic E-state index is 13.5. The fourth-order valence-corrected chi connectivity index (χ4v) is 4.59. The van der Waals surface area contributed by atoms with Crippen LogP contribution in [0.1, 0.15) is 30.0 Å². The Morgan fingerprint density at radius 3 is 2.12 bits per heavy atom. The van der Waals surface area contributed by atoms with Gasteiger partial charge >= 0.3 is 0 Å². The van der Waals surface area contributed by atoms with Gasteiger partial charge in [0.25, 0.3) is 0 Å². The molecule has 3 aromatic carbocycles. The SMILES string of the molecule is CCNC(=O)C(Cc1ccccc1)N(Cc1ccc(F)cc1)C(=O)CCSCc1ccccc1. The summed E-state index contributed by atoms with van der Waals surface area (Å²) in [6, 6.07) is 25.3. The summed E-state index contributed by atoms with van der Waals surface area (Å²) in [6.07, 6.45) is 0.736. The van der Waals surface area contributed by atoms with E-state index in [4.69, 9.17) is 0 Å². The van der Waals surface area contributed by atoms with E-state index in [1.165, 1.54) is 17.7 Å². The molecule has 0 saturated carbocycles. The van der Waals surface area contributed by atoms with Gasteiger partial charge in [0.05, 0.1) is 0 Å². The van der Waals surface area contributed by atoms with Gasteiger partial charge in [0.2, 0.25) is 11.8 Å². The molecule has 0 heterocycles. The van der Waals surface area contributed by atoms with E-state index in [0.29, 0.717) is 25.1 Å². The molecule has 0 spiro atoms. The Morgan fingerprint density at radius 1 is 0.882 bits per heavy atom. The lowest BCUT2D eigenvalue weighted by Gasteiger charge is -2.31. The van der Waals surface area contributed by atoms with Gasteiger partial charge in [-0.05, 0) is 35.7 Å². The Morgan fingerprint density at radius 2 is 1.50 bits per heavy atom. The number of carbonyl (C=O) groups is 2. The van der Waals surface area contributed by atoms with Crippen LogP contribution in [0.2, 0.25) is 0 Å². The third-order valence-corrected chi connectivity index (χ3v) is 6.49. The van der Waals surface area contributed by atoms with Crippen LogP contribution in [0.5, 0.6) is 0 Å². The molecule has 1 N–H and O–H groups in total. The summed E-state index contributed by atoms with van der Waals surface area (Å²) in [4.78, 5) is 28.2. The Bertz CT molecular complexity index is 1030. The van der Waals surface area contributed by atoms with Gasteiger partial charge in [0.1, 0.15) is 11.9 Å². The number of halogens is 1. The van der Waals surface area contributed by atoms with E-state index >= 15 is 0 Å². The number of benzene rings is 3. The summed E-state index contributed by atoms with van der Waals surface area (Å²) >= 11 is 1.70. The van der Waals surface area contributed by atoms with Crippen LogP contribution in [-0.2, 0) is 28.3 Å². The summed E-state index contributed by atoms with van der Waals surface area (Å²) < 4.78 is 13.5. The minimum Gasteiger partial charge on any atom is -0.355 e. The molecule has 4 nitrogen and oxygen atoms in total. The van der Waals surface area contributed by atoms with E-state index in [-0.39, 0.29) is 24.2 Å². The van der Waals surface area contributed by atoms with Crippen molar-refractivity contribution in [2.24, 2.45) is 0 Å². The van der Waals surface area contributed by atoms with E-state index in [1.807, 2.05) is 55.5 Å². The highest BCUT2D eigenvalue weighted by atomic mass is 32.2. The molecule has 3 aromatic rings. The minimum absolute atomic E-state index is 0.0860. The molecule has 0 aliphatic rings. The van der Waals surface area contributed by atoms with Crippen LogP contribution < -0.4 is 5.32 Å². The monoisotopic (exact) mass is 478 g/mol. The first-order valence-electron chi connectivity index (χ1n) is 11.5. The lowest BCUT2D eigenvalue weighted by Crippen LogP contribution is -2.50. The Hall–Kier alpha value is -3.12. The van der Waals surface area contributed by atoms with Gasteiger partial charge in [0, 0.05) is 37.4 Å². The average Bonchev–Trinajstić information content (AvgIpc) is 2.86. The number of hydrogen-bond donors (Lipinski definition) is 1. The molecule has 6 heteroatoms. The Kier molecular flexibility index (Phi) is 10.2. The van der Waals surface area contributed by atoms with Gasteiger partial charge in [-0.3, -0.25) is 9.59 Å². The fraction of sp³-hybridized carbons (Fsp3) is 0.286. The van der Waals surface area contributed by atoms with Crippen LogP contribution in [0.4, 0.5) is 4.39 Å². The molecular weight excluding hydrogens is 447 g/mol. The lowest BCUT2D eigenvalue weighted by atomic mass is 10.0. The predicted molar refractivity (Wildman–Crippen MR) is 137 cm³/mol. The number of amides is 2. The molecule has 0 aromatic heterocycles. The molecule has 1 unspecified atom stereocenters. The van der Waals surface area contributed by atoms with Crippen LogP contribution in [0, 0.1) is 5.82 Å². The number of carbonyl (C=O) groups excluding carboxylic acids is 2. The first-order valence-corrected chi connectivity index (χ1v) is 12.7. The van der Waals surface area contributed by atoms with Crippen molar-refractivity contribution in [1.29, 1.82) is 0 Å². The number of rotatable bonds is 12. The molecule has 0 aliphatic heterocycles. The summed E-state index contributed by atoms with van der Waals surface area (Å²) in [6.45, 7) is 2.59. The predicted octanol–water partition coefficient (Wildman–Crippen LogP) is 5.23. The second-order valence-electron chi connectivity index (χ2n) is 8.04. The third kappa shape index (κ3) is 8.03. The Balaban J connectivity index is 1.76. The van der Waals surface area contributed by atoms with Gasteiger partial charge in [-0.15, -0.1) is 0 Å². The maximum Gasteiger partial charge on any atom is 0.243 e. The number of nitrogens with zero attached hydrogens (tertiary/aromatic N) is 1. The van der Waals surface area contributed by atoms with E-state index in [9.17, 15) is 14.0 Å². The van der Waals surface area contributed by atoms with Crippen molar-refractivity contribution in [3.8, 4) is 0 Å². The average molecular weight is 479 g/mol. The van der Waals surface area contributed by atoms with Crippen LogP contribution in [0.3, 0.4) is 0 Å². The van der Waals surface area contributed by atoms with Gasteiger partial charge < -0.3 is 10.2 Å². The molecule has 3 rings (SSSR count). The molecule has 1 atom stereocenters. The number of nitrogens with one attached hydrogen (secondary N) is 1. The largest absolute Gasteiger partial charge is 0.355 e. The highest BCUT2D eigenvalue weighted by Crippen LogP contribution is 2.18. The van der Waals surface area contributed by atoms with E-state index in [0.717, 1.165) is 16.9 Å². The highest BCUT2D eigenvalue weighted by molar-refractivity contribution is 7.98. The topological polar surface area (TPSA) is 49.4 Å². The molecule has 178 valence electrons. The smallest absolute Gasteiger partial charge is 0.243 e. The summed E-state index contributed by atoms with van der Waals surface area (Å²) in [5.74, 6) is 0.885. The highest BCUT2D eigenvalue weighted by Gasteiger charge is 2.29. The summed E-state index contributed by atoms with van der Waals surface area (Å²) in [5.41, 5.74) is 2.98. The zero-order valence-electron chi connectivity index (χ0n) is 19.5. The van der Waals surface area contributed by atoms with Gasteiger partial charge in [-0.1, -0.05) is 72.8 Å². The van der Waals surface area contributed by atoms with E-state index in [2.05, 4.69) is 17.4 Å². The van der Waals surface area contributed by atoms with Crippen molar-refractivity contribution < 1.29 is 14.0 Å². The van der Waals surface area contributed by atoms with Gasteiger partial charge in [-0.2, -0.15) is 11.8 Å². The minimum atomic E-state index is -0.654. The number of hydrogen-bond acceptors (Lipinski definition) is 3. The molecule has 2 amide bonds. The molecule has 0 radical (unpaired) electrons. The molecular formula is C28H31FN2O2S. The van der Waals surface area contributed by atoms with Crippen LogP contribution >= 0.6 is 11.8 Å². The zero-order valence-corrected chi connectivity index (χ0v) is 20.3. The molecule has 0 aliphatic carbocycles. The third-order valence-electron chi connectivity index (χ3n) is 5.46. The number of thioether (sulfide) groups is 1. The quantitative estimate of drug-likeness (QED) is 0.363. The van der Waals surface area contributed by atoms with Gasteiger partial charge in [0.15, 0.2) is 0 Å². The molecule has 0 fully saturated rings. The van der Waals surface area contributed by atoms with Gasteiger partial charge in [-0.25, -0.2) is 4.39 Å². The Labute approximate surface area is 205 Å². The lowest BCUT2D eigenvalue weighted by molar-refractivity contribution is -0.140. The standard InChI is InChI=1S/C28H31FN2O2S/c1-2-30-28(33)26(19-22-9-5-3-6-10-22)31(20-23-13-15-25(29)16-14-23)27(32)17-18-34-21-24-11-7-4-8-12-24/h3-16,26H,2,17-21H2,1H3,(H,30,33). The van der Waals surface area contributed by atoms with Crippen LogP contribution in [-0.4, -0.2) is 35.1 Å². The summed E-state index contributed by atoms with van der Waals surface area (Å²) in [5, 5.41) is 2.89. The second-order valence-corrected chi connectivity index (χ2v) is 9.14. The van der Waals surface area contributed by atoms with Crippen LogP contribution in [0.25, 0.3) is 0 Å². The van der Waals surface area contributed by atoms with Crippen molar-refractivity contribution >= 4 is 23.6 Å². The van der Waals surface area contributed by atoms with Crippen molar-refractivity contribution in [3.05, 3.63) is 107 Å². The first-order chi connectivity index (χ1) is 16.6.